The molecule has 2 aromatic rings. The number of anilines is 1. The van der Waals surface area contributed by atoms with Crippen molar-refractivity contribution in [3.63, 3.8) is 0 Å². The van der Waals surface area contributed by atoms with Crippen molar-refractivity contribution in [2.45, 2.75) is 6.92 Å². The Morgan fingerprint density at radius 1 is 1.22 bits per heavy atom. The molecule has 0 saturated carbocycles. The normalized spacial score (nSPS) is 10.6. The number of methoxy groups -OCH3 is 1. The van der Waals surface area contributed by atoms with Gasteiger partial charge in [0.25, 0.3) is 5.91 Å². The maximum atomic E-state index is 12.3. The van der Waals surface area contributed by atoms with E-state index in [1.165, 1.54) is 25.3 Å². The van der Waals surface area contributed by atoms with Gasteiger partial charge in [-0.25, -0.2) is 0 Å². The van der Waals surface area contributed by atoms with Gasteiger partial charge in [-0.15, -0.1) is 0 Å². The number of amides is 1. The molecule has 2 rings (SSSR count). The number of hydrogen-bond acceptors (Lipinski definition) is 6. The number of ether oxygens (including phenoxy) is 2. The molecule has 0 radical (unpaired) electrons. The highest BCUT2D eigenvalue weighted by Crippen LogP contribution is 2.29. The van der Waals surface area contributed by atoms with Crippen molar-refractivity contribution in [3.8, 4) is 17.6 Å². The number of carbonyl (C=O) groups is 2. The topological polar surface area (TPSA) is 111 Å². The van der Waals surface area contributed by atoms with Crippen LogP contribution in [0.5, 0.6) is 11.5 Å². The Morgan fingerprint density at radius 3 is 2.63 bits per heavy atom. The Bertz CT molecular complexity index is 928. The lowest BCUT2D eigenvalue weighted by Gasteiger charge is -2.11. The van der Waals surface area contributed by atoms with Crippen molar-refractivity contribution in [2.75, 3.05) is 19.0 Å². The Kier molecular flexibility index (Phi) is 6.55. The number of nitrogens with zero attached hydrogens (tertiary/aromatic N) is 1. The maximum absolute atomic E-state index is 12.3. The third-order valence-electron chi connectivity index (χ3n) is 3.49. The zero-order valence-electron chi connectivity index (χ0n) is 14.8. The number of nitriles is 1. The molecule has 0 unspecified atom stereocenters. The number of rotatable bonds is 7. The Morgan fingerprint density at radius 2 is 2.00 bits per heavy atom. The van der Waals surface area contributed by atoms with Gasteiger partial charge in [0, 0.05) is 5.69 Å². The second-order valence-corrected chi connectivity index (χ2v) is 5.56. The van der Waals surface area contributed by atoms with Crippen LogP contribution in [0.1, 0.15) is 11.1 Å². The first kappa shape index (κ1) is 19.5. The summed E-state index contributed by atoms with van der Waals surface area (Å²) in [5, 5.41) is 22.5. The standard InChI is InChI=1S/C20H18N2O5/c1-13-4-3-5-16(8-13)22-20(25)15(11-21)9-14-6-7-17(18(10-14)26-2)27-12-19(23)24/h3-10H,12H2,1-2H3,(H,22,25)(H,23,24)/p-1/b15-9-. The molecule has 2 aromatic carbocycles. The van der Waals surface area contributed by atoms with Crippen LogP contribution in [0.25, 0.3) is 6.08 Å². The largest absolute Gasteiger partial charge is 0.546 e. The fourth-order valence-corrected chi connectivity index (χ4v) is 2.27. The predicted molar refractivity (Wildman–Crippen MR) is 96.9 cm³/mol. The van der Waals surface area contributed by atoms with Crippen LogP contribution in [0.2, 0.25) is 0 Å². The highest BCUT2D eigenvalue weighted by Gasteiger charge is 2.11. The first-order valence-corrected chi connectivity index (χ1v) is 7.93. The van der Waals surface area contributed by atoms with E-state index in [4.69, 9.17) is 9.47 Å². The number of carboxylic acid groups (broad SMARTS) is 1. The van der Waals surface area contributed by atoms with Crippen LogP contribution in [0.3, 0.4) is 0 Å². The SMILES string of the molecule is COc1cc(/C=C(/C#N)C(=O)Nc2cccc(C)c2)ccc1OCC(=O)[O-]. The molecule has 0 aromatic heterocycles. The minimum absolute atomic E-state index is 0.0954. The number of aryl methyl sites for hydroxylation is 1. The smallest absolute Gasteiger partial charge is 0.266 e. The molecule has 1 amide bonds. The molecule has 0 aliphatic heterocycles. The summed E-state index contributed by atoms with van der Waals surface area (Å²) in [6.45, 7) is 1.28. The number of carbonyl (C=O) groups excluding carboxylic acids is 2. The van der Waals surface area contributed by atoms with Gasteiger partial charge in [-0.3, -0.25) is 4.79 Å². The summed E-state index contributed by atoms with van der Waals surface area (Å²) in [5.74, 6) is -1.43. The molecule has 0 heterocycles. The molecule has 27 heavy (non-hydrogen) atoms. The predicted octanol–water partition coefficient (Wildman–Crippen LogP) is 1.68. The summed E-state index contributed by atoms with van der Waals surface area (Å²) < 4.78 is 10.2. The van der Waals surface area contributed by atoms with Gasteiger partial charge in [-0.2, -0.15) is 5.26 Å². The van der Waals surface area contributed by atoms with Gasteiger partial charge in [0.2, 0.25) is 0 Å². The average Bonchev–Trinajstić information content (AvgIpc) is 2.64. The highest BCUT2D eigenvalue weighted by atomic mass is 16.5. The van der Waals surface area contributed by atoms with Crippen LogP contribution in [0, 0.1) is 18.3 Å². The Labute approximate surface area is 156 Å². The van der Waals surface area contributed by atoms with Gasteiger partial charge < -0.3 is 24.7 Å². The molecule has 1 N–H and O–H groups in total. The van der Waals surface area contributed by atoms with Gasteiger partial charge in [-0.1, -0.05) is 18.2 Å². The first-order valence-electron chi connectivity index (χ1n) is 7.93. The summed E-state index contributed by atoms with van der Waals surface area (Å²) in [4.78, 5) is 22.8. The molecule has 7 heteroatoms. The van der Waals surface area contributed by atoms with Crippen LogP contribution in [-0.4, -0.2) is 25.6 Å². The summed E-state index contributed by atoms with van der Waals surface area (Å²) in [7, 11) is 1.39. The minimum atomic E-state index is -1.36. The minimum Gasteiger partial charge on any atom is -0.546 e. The van der Waals surface area contributed by atoms with Gasteiger partial charge >= 0.3 is 0 Å². The van der Waals surface area contributed by atoms with Crippen LogP contribution in [-0.2, 0) is 9.59 Å². The van der Waals surface area contributed by atoms with E-state index in [2.05, 4.69) is 5.32 Å². The number of aliphatic carboxylic acids is 1. The van der Waals surface area contributed by atoms with Crippen molar-refractivity contribution >= 4 is 23.6 Å². The molecule has 0 aliphatic rings. The van der Waals surface area contributed by atoms with Crippen LogP contribution in [0.4, 0.5) is 5.69 Å². The third kappa shape index (κ3) is 5.61. The van der Waals surface area contributed by atoms with Crippen molar-refractivity contribution in [1.29, 1.82) is 5.26 Å². The second kappa shape index (κ2) is 9.06. The number of hydrogen-bond donors (Lipinski definition) is 1. The Hall–Kier alpha value is -3.79. The van der Waals surface area contributed by atoms with Crippen molar-refractivity contribution in [3.05, 3.63) is 59.2 Å². The van der Waals surface area contributed by atoms with Gasteiger partial charge in [0.15, 0.2) is 11.5 Å². The molecule has 0 aliphatic carbocycles. The van der Waals surface area contributed by atoms with E-state index < -0.39 is 18.5 Å². The number of nitrogens with one attached hydrogen (secondary N) is 1. The van der Waals surface area contributed by atoms with Crippen LogP contribution >= 0.6 is 0 Å². The van der Waals surface area contributed by atoms with E-state index in [9.17, 15) is 20.0 Å². The second-order valence-electron chi connectivity index (χ2n) is 5.56. The molecule has 138 valence electrons. The molecule has 0 atom stereocenters. The van der Waals surface area contributed by atoms with Crippen molar-refractivity contribution < 1.29 is 24.2 Å². The van der Waals surface area contributed by atoms with E-state index in [0.717, 1.165) is 5.56 Å². The van der Waals surface area contributed by atoms with Crippen LogP contribution in [0.15, 0.2) is 48.0 Å². The quantitative estimate of drug-likeness (QED) is 0.590. The molecule has 0 spiro atoms. The summed E-state index contributed by atoms with van der Waals surface area (Å²) in [6, 6.07) is 13.7. The van der Waals surface area contributed by atoms with E-state index in [1.807, 2.05) is 19.1 Å². The van der Waals surface area contributed by atoms with E-state index >= 15 is 0 Å². The molecular weight excluding hydrogens is 348 g/mol. The molecular formula is C20H17N2O5-. The van der Waals surface area contributed by atoms with E-state index in [-0.39, 0.29) is 17.1 Å². The lowest BCUT2D eigenvalue weighted by Crippen LogP contribution is -2.29. The summed E-state index contributed by atoms with van der Waals surface area (Å²) in [5.41, 5.74) is 1.99. The van der Waals surface area contributed by atoms with Gasteiger partial charge in [0.05, 0.1) is 13.1 Å². The fourth-order valence-electron chi connectivity index (χ4n) is 2.27. The molecule has 0 saturated heterocycles. The first-order chi connectivity index (χ1) is 12.9. The lowest BCUT2D eigenvalue weighted by atomic mass is 10.1. The number of benzene rings is 2. The van der Waals surface area contributed by atoms with Crippen molar-refractivity contribution in [2.24, 2.45) is 0 Å². The van der Waals surface area contributed by atoms with E-state index in [1.54, 1.807) is 24.3 Å². The van der Waals surface area contributed by atoms with Crippen LogP contribution < -0.4 is 19.9 Å². The third-order valence-corrected chi connectivity index (χ3v) is 3.49. The lowest BCUT2D eigenvalue weighted by molar-refractivity contribution is -0.307. The Balaban J connectivity index is 2.22. The van der Waals surface area contributed by atoms with Gasteiger partial charge in [-0.05, 0) is 48.4 Å². The van der Waals surface area contributed by atoms with Gasteiger partial charge in [0.1, 0.15) is 18.2 Å². The molecule has 7 nitrogen and oxygen atoms in total. The zero-order chi connectivity index (χ0) is 19.8. The highest BCUT2D eigenvalue weighted by molar-refractivity contribution is 6.09. The van der Waals surface area contributed by atoms with Crippen molar-refractivity contribution in [1.82, 2.24) is 0 Å². The summed E-state index contributed by atoms with van der Waals surface area (Å²) in [6.07, 6.45) is 1.40. The van der Waals surface area contributed by atoms with E-state index in [0.29, 0.717) is 11.3 Å². The zero-order valence-corrected chi connectivity index (χ0v) is 14.8. The number of carboxylic acids is 1. The summed E-state index contributed by atoms with van der Waals surface area (Å²) >= 11 is 0. The maximum Gasteiger partial charge on any atom is 0.266 e. The average molecular weight is 365 g/mol. The molecule has 0 bridgehead atoms. The fraction of sp³-hybridized carbons (Fsp3) is 0.150. The monoisotopic (exact) mass is 365 g/mol. The molecule has 0 fully saturated rings.